The molecule has 0 saturated heterocycles. The predicted molar refractivity (Wildman–Crippen MR) is 86.5 cm³/mol. The number of rotatable bonds is 6. The SMILES string of the molecule is CCOc1ccc(NC(=O)CNC(=O)c2cc(C)nn2C)cc1. The Morgan fingerprint density at radius 3 is 2.52 bits per heavy atom. The Balaban J connectivity index is 1.85. The molecule has 0 radical (unpaired) electrons. The van der Waals surface area contributed by atoms with Crippen LogP contribution in [0.1, 0.15) is 23.1 Å². The van der Waals surface area contributed by atoms with Gasteiger partial charge in [-0.3, -0.25) is 14.3 Å². The highest BCUT2D eigenvalue weighted by Crippen LogP contribution is 2.15. The summed E-state index contributed by atoms with van der Waals surface area (Å²) < 4.78 is 6.81. The second-order valence-electron chi connectivity index (χ2n) is 4.98. The number of carbonyl (C=O) groups is 2. The summed E-state index contributed by atoms with van der Waals surface area (Å²) in [7, 11) is 1.68. The number of aryl methyl sites for hydroxylation is 2. The summed E-state index contributed by atoms with van der Waals surface area (Å²) in [4.78, 5) is 23.9. The monoisotopic (exact) mass is 316 g/mol. The fraction of sp³-hybridized carbons (Fsp3) is 0.312. The second-order valence-corrected chi connectivity index (χ2v) is 4.98. The third-order valence-corrected chi connectivity index (χ3v) is 3.09. The first-order valence-corrected chi connectivity index (χ1v) is 7.31. The molecule has 7 heteroatoms. The molecule has 7 nitrogen and oxygen atoms in total. The van der Waals surface area contributed by atoms with Crippen molar-refractivity contribution in [3.63, 3.8) is 0 Å². The predicted octanol–water partition coefficient (Wildman–Crippen LogP) is 1.50. The van der Waals surface area contributed by atoms with E-state index in [4.69, 9.17) is 4.74 Å². The van der Waals surface area contributed by atoms with E-state index < -0.39 is 0 Å². The lowest BCUT2D eigenvalue weighted by atomic mass is 10.3. The average molecular weight is 316 g/mol. The molecule has 0 fully saturated rings. The highest BCUT2D eigenvalue weighted by atomic mass is 16.5. The lowest BCUT2D eigenvalue weighted by molar-refractivity contribution is -0.115. The number of nitrogens with zero attached hydrogens (tertiary/aromatic N) is 2. The molecule has 0 aliphatic carbocycles. The molecule has 1 heterocycles. The lowest BCUT2D eigenvalue weighted by Crippen LogP contribution is -2.33. The van der Waals surface area contributed by atoms with E-state index in [1.807, 2.05) is 6.92 Å². The van der Waals surface area contributed by atoms with Crippen LogP contribution in [0.25, 0.3) is 0 Å². The number of hydrogen-bond donors (Lipinski definition) is 2. The van der Waals surface area contributed by atoms with Crippen LogP contribution in [0.3, 0.4) is 0 Å². The number of hydrogen-bond acceptors (Lipinski definition) is 4. The maximum Gasteiger partial charge on any atom is 0.269 e. The van der Waals surface area contributed by atoms with Crippen molar-refractivity contribution in [1.29, 1.82) is 0 Å². The molecule has 2 rings (SSSR count). The number of carbonyl (C=O) groups excluding carboxylic acids is 2. The highest BCUT2D eigenvalue weighted by molar-refractivity contribution is 5.98. The molecule has 1 aromatic carbocycles. The van der Waals surface area contributed by atoms with Crippen molar-refractivity contribution < 1.29 is 14.3 Å². The van der Waals surface area contributed by atoms with Crippen molar-refractivity contribution >= 4 is 17.5 Å². The van der Waals surface area contributed by atoms with E-state index in [2.05, 4.69) is 15.7 Å². The van der Waals surface area contributed by atoms with E-state index in [1.54, 1.807) is 44.3 Å². The quantitative estimate of drug-likeness (QED) is 0.845. The standard InChI is InChI=1S/C16H20N4O3/c1-4-23-13-7-5-12(6-8-13)18-15(21)10-17-16(22)14-9-11(2)19-20(14)3/h5-9H,4,10H2,1-3H3,(H,17,22)(H,18,21). The third-order valence-electron chi connectivity index (χ3n) is 3.09. The van der Waals surface area contributed by atoms with Crippen LogP contribution in [0, 0.1) is 6.92 Å². The summed E-state index contributed by atoms with van der Waals surface area (Å²) in [5, 5.41) is 9.37. The van der Waals surface area contributed by atoms with Gasteiger partial charge in [0.1, 0.15) is 11.4 Å². The minimum absolute atomic E-state index is 0.115. The summed E-state index contributed by atoms with van der Waals surface area (Å²) in [5.41, 5.74) is 1.80. The second kappa shape index (κ2) is 7.44. The summed E-state index contributed by atoms with van der Waals surface area (Å²) in [6.45, 7) is 4.18. The Morgan fingerprint density at radius 2 is 1.96 bits per heavy atom. The van der Waals surface area contributed by atoms with Crippen LogP contribution in [0.2, 0.25) is 0 Å². The van der Waals surface area contributed by atoms with E-state index in [9.17, 15) is 9.59 Å². The van der Waals surface area contributed by atoms with E-state index >= 15 is 0 Å². The molecule has 1 aromatic heterocycles. The van der Waals surface area contributed by atoms with Crippen LogP contribution in [0.15, 0.2) is 30.3 Å². The van der Waals surface area contributed by atoms with Gasteiger partial charge in [0.05, 0.1) is 18.8 Å². The Kier molecular flexibility index (Phi) is 5.35. The molecule has 0 aliphatic rings. The van der Waals surface area contributed by atoms with Gasteiger partial charge in [0, 0.05) is 12.7 Å². The molecule has 23 heavy (non-hydrogen) atoms. The molecule has 0 atom stereocenters. The maximum atomic E-state index is 12.0. The molecular formula is C16H20N4O3. The fourth-order valence-electron chi connectivity index (χ4n) is 2.08. The minimum atomic E-state index is -0.338. The Bertz CT molecular complexity index is 692. The molecule has 0 bridgehead atoms. The van der Waals surface area contributed by atoms with Gasteiger partial charge in [-0.25, -0.2) is 0 Å². The lowest BCUT2D eigenvalue weighted by Gasteiger charge is -2.08. The van der Waals surface area contributed by atoms with Crippen molar-refractivity contribution in [2.45, 2.75) is 13.8 Å². The number of aromatic nitrogens is 2. The van der Waals surface area contributed by atoms with Crippen molar-refractivity contribution in [3.8, 4) is 5.75 Å². The van der Waals surface area contributed by atoms with Crippen LogP contribution in [-0.4, -0.2) is 34.7 Å². The zero-order valence-corrected chi connectivity index (χ0v) is 13.4. The van der Waals surface area contributed by atoms with Crippen LogP contribution in [0.5, 0.6) is 5.75 Å². The van der Waals surface area contributed by atoms with E-state index in [0.29, 0.717) is 18.0 Å². The van der Waals surface area contributed by atoms with Gasteiger partial charge in [0.25, 0.3) is 5.91 Å². The van der Waals surface area contributed by atoms with Crippen molar-refractivity contribution in [1.82, 2.24) is 15.1 Å². The number of ether oxygens (including phenoxy) is 1. The first-order chi connectivity index (χ1) is 11.0. The molecule has 0 spiro atoms. The molecule has 2 aromatic rings. The smallest absolute Gasteiger partial charge is 0.269 e. The van der Waals surface area contributed by atoms with Crippen molar-refractivity contribution in [2.24, 2.45) is 7.05 Å². The van der Waals surface area contributed by atoms with Gasteiger partial charge in [-0.2, -0.15) is 5.10 Å². The zero-order chi connectivity index (χ0) is 16.8. The number of nitrogens with one attached hydrogen (secondary N) is 2. The van der Waals surface area contributed by atoms with Gasteiger partial charge < -0.3 is 15.4 Å². The van der Waals surface area contributed by atoms with Crippen molar-refractivity contribution in [3.05, 3.63) is 41.7 Å². The van der Waals surface area contributed by atoms with E-state index in [-0.39, 0.29) is 18.4 Å². The number of benzene rings is 1. The first-order valence-electron chi connectivity index (χ1n) is 7.31. The molecule has 0 aliphatic heterocycles. The molecule has 0 saturated carbocycles. The van der Waals surface area contributed by atoms with E-state index in [0.717, 1.165) is 11.4 Å². The Labute approximate surface area is 134 Å². The van der Waals surface area contributed by atoms with Gasteiger partial charge in [-0.1, -0.05) is 0 Å². The summed E-state index contributed by atoms with van der Waals surface area (Å²) in [6.07, 6.45) is 0. The van der Waals surface area contributed by atoms with Crippen LogP contribution in [-0.2, 0) is 11.8 Å². The molecule has 2 amide bonds. The molecule has 2 N–H and O–H groups in total. The average Bonchev–Trinajstić information content (AvgIpc) is 2.86. The largest absolute Gasteiger partial charge is 0.494 e. The highest BCUT2D eigenvalue weighted by Gasteiger charge is 2.12. The van der Waals surface area contributed by atoms with Gasteiger partial charge in [0.15, 0.2) is 0 Å². The minimum Gasteiger partial charge on any atom is -0.494 e. The van der Waals surface area contributed by atoms with Gasteiger partial charge >= 0.3 is 0 Å². The van der Waals surface area contributed by atoms with Crippen LogP contribution < -0.4 is 15.4 Å². The van der Waals surface area contributed by atoms with E-state index in [1.165, 1.54) is 4.68 Å². The topological polar surface area (TPSA) is 85.2 Å². The number of anilines is 1. The summed E-state index contributed by atoms with van der Waals surface area (Å²) in [6, 6.07) is 8.70. The zero-order valence-electron chi connectivity index (χ0n) is 13.4. The molecule has 122 valence electrons. The van der Waals surface area contributed by atoms with Gasteiger partial charge in [-0.05, 0) is 44.2 Å². The molecule has 0 unspecified atom stereocenters. The fourth-order valence-corrected chi connectivity index (χ4v) is 2.08. The normalized spacial score (nSPS) is 10.2. The summed E-state index contributed by atoms with van der Waals surface area (Å²) >= 11 is 0. The summed E-state index contributed by atoms with van der Waals surface area (Å²) in [5.74, 6) is 0.0988. The van der Waals surface area contributed by atoms with Crippen LogP contribution in [0.4, 0.5) is 5.69 Å². The molecular weight excluding hydrogens is 296 g/mol. The Hall–Kier alpha value is -2.83. The van der Waals surface area contributed by atoms with Crippen LogP contribution >= 0.6 is 0 Å². The Morgan fingerprint density at radius 1 is 1.26 bits per heavy atom. The third kappa shape index (κ3) is 4.57. The van der Waals surface area contributed by atoms with Gasteiger partial charge in [0.2, 0.25) is 5.91 Å². The van der Waals surface area contributed by atoms with Gasteiger partial charge in [-0.15, -0.1) is 0 Å². The maximum absolute atomic E-state index is 12.0. The number of amides is 2. The first kappa shape index (κ1) is 16.5. The van der Waals surface area contributed by atoms with Crippen molar-refractivity contribution in [2.75, 3.05) is 18.5 Å².